The molecule has 0 N–H and O–H groups in total. The maximum atomic E-state index is 12.9. The molecule has 1 aromatic rings. The van der Waals surface area contributed by atoms with Gasteiger partial charge in [-0.2, -0.15) is 0 Å². The van der Waals surface area contributed by atoms with E-state index in [4.69, 9.17) is 4.74 Å². The van der Waals surface area contributed by atoms with Crippen molar-refractivity contribution in [2.45, 2.75) is 51.0 Å². The molecule has 0 aliphatic heterocycles. The van der Waals surface area contributed by atoms with E-state index in [1.807, 2.05) is 25.1 Å². The zero-order chi connectivity index (χ0) is 19.2. The van der Waals surface area contributed by atoms with Gasteiger partial charge < -0.3 is 4.74 Å². The molecule has 0 aromatic heterocycles. The summed E-state index contributed by atoms with van der Waals surface area (Å²) in [7, 11) is 0. The fraction of sp³-hybridized carbons (Fsp3) is 0.522. The van der Waals surface area contributed by atoms with E-state index in [1.165, 1.54) is 0 Å². The lowest BCUT2D eigenvalue weighted by Crippen LogP contribution is -2.56. The van der Waals surface area contributed by atoms with E-state index in [1.54, 1.807) is 12.1 Å². The minimum atomic E-state index is -0.659. The molecule has 4 rings (SSSR count). The molecule has 0 saturated heterocycles. The van der Waals surface area contributed by atoms with Gasteiger partial charge in [0.2, 0.25) is 0 Å². The molecule has 3 aliphatic rings. The molecule has 4 unspecified atom stereocenters. The first-order valence-corrected chi connectivity index (χ1v) is 9.94. The van der Waals surface area contributed by atoms with E-state index in [2.05, 4.69) is 6.58 Å². The Labute approximate surface area is 160 Å². The average Bonchev–Trinajstić information content (AvgIpc) is 2.66. The Morgan fingerprint density at radius 1 is 1.15 bits per heavy atom. The number of carbonyl (C=O) groups excluding carboxylic acids is 3. The van der Waals surface area contributed by atoms with Gasteiger partial charge in [-0.3, -0.25) is 9.59 Å². The number of fused-ring (bicyclic) bond motifs is 3. The number of hydrogen-bond donors (Lipinski definition) is 0. The molecule has 3 fully saturated rings. The Kier molecular flexibility index (Phi) is 4.53. The molecule has 3 saturated carbocycles. The summed E-state index contributed by atoms with van der Waals surface area (Å²) in [6.45, 7) is 5.83. The second kappa shape index (κ2) is 6.74. The number of esters is 1. The summed E-state index contributed by atoms with van der Waals surface area (Å²) in [6.07, 6.45) is 4.55. The monoisotopic (exact) mass is 366 g/mol. The van der Waals surface area contributed by atoms with Crippen LogP contribution < -0.4 is 0 Å². The maximum Gasteiger partial charge on any atom is 0.338 e. The summed E-state index contributed by atoms with van der Waals surface area (Å²) >= 11 is 0. The molecule has 0 spiro atoms. The van der Waals surface area contributed by atoms with Gasteiger partial charge in [-0.1, -0.05) is 24.8 Å². The molecule has 142 valence electrons. The predicted octanol–water partition coefficient (Wildman–Crippen LogP) is 4.14. The third kappa shape index (κ3) is 3.05. The van der Waals surface area contributed by atoms with Crippen molar-refractivity contribution in [2.24, 2.45) is 23.7 Å². The van der Waals surface area contributed by atoms with Crippen LogP contribution in [0.3, 0.4) is 0 Å². The molecule has 1 aromatic carbocycles. The fourth-order valence-electron chi connectivity index (χ4n) is 5.61. The van der Waals surface area contributed by atoms with Crippen LogP contribution in [0, 0.1) is 23.7 Å². The first kappa shape index (κ1) is 18.1. The van der Waals surface area contributed by atoms with Gasteiger partial charge in [0.25, 0.3) is 0 Å². The highest BCUT2D eigenvalue weighted by molar-refractivity contribution is 6.11. The summed E-state index contributed by atoms with van der Waals surface area (Å²) in [5, 5.41) is 0. The van der Waals surface area contributed by atoms with Crippen LogP contribution in [0.1, 0.15) is 55.8 Å². The van der Waals surface area contributed by atoms with Crippen molar-refractivity contribution in [3.8, 4) is 0 Å². The fourth-order valence-corrected chi connectivity index (χ4v) is 5.61. The first-order chi connectivity index (χ1) is 12.9. The smallest absolute Gasteiger partial charge is 0.338 e. The molecular weight excluding hydrogens is 340 g/mol. The largest absolute Gasteiger partial charge is 0.455 e. The summed E-state index contributed by atoms with van der Waals surface area (Å²) < 4.78 is 6.02. The van der Waals surface area contributed by atoms with Gasteiger partial charge >= 0.3 is 5.97 Å². The molecule has 0 amide bonds. The normalized spacial score (nSPS) is 36.0. The van der Waals surface area contributed by atoms with Crippen LogP contribution >= 0.6 is 0 Å². The Hall–Kier alpha value is -2.23. The molecule has 4 heteroatoms. The number of Topliss-reactive ketones (excluding diaryl/α,β-unsaturated/α-hetero) is 2. The maximum absolute atomic E-state index is 12.9. The van der Waals surface area contributed by atoms with Gasteiger partial charge in [0.05, 0.1) is 11.5 Å². The van der Waals surface area contributed by atoms with Crippen LogP contribution in [0.2, 0.25) is 0 Å². The molecule has 27 heavy (non-hydrogen) atoms. The van der Waals surface area contributed by atoms with Crippen molar-refractivity contribution >= 4 is 17.5 Å². The summed E-state index contributed by atoms with van der Waals surface area (Å²) in [6, 6.07) is 9.00. The van der Waals surface area contributed by atoms with Crippen molar-refractivity contribution in [1.82, 2.24) is 0 Å². The Morgan fingerprint density at radius 2 is 1.89 bits per heavy atom. The zero-order valence-corrected chi connectivity index (χ0v) is 15.8. The Morgan fingerprint density at radius 3 is 2.63 bits per heavy atom. The second-order valence-corrected chi connectivity index (χ2v) is 8.55. The summed E-state index contributed by atoms with van der Waals surface area (Å²) in [5.74, 6) is -0.566. The van der Waals surface area contributed by atoms with Crippen molar-refractivity contribution in [2.75, 3.05) is 0 Å². The third-order valence-corrected chi connectivity index (χ3v) is 7.00. The van der Waals surface area contributed by atoms with Crippen molar-refractivity contribution in [1.29, 1.82) is 0 Å². The lowest BCUT2D eigenvalue weighted by atomic mass is 9.53. The van der Waals surface area contributed by atoms with E-state index in [-0.39, 0.29) is 35.3 Å². The number of hydrogen-bond acceptors (Lipinski definition) is 4. The number of ketones is 2. The Balaban J connectivity index is 1.60. The third-order valence-electron chi connectivity index (χ3n) is 7.00. The molecule has 0 radical (unpaired) electrons. The molecule has 4 nitrogen and oxygen atoms in total. The standard InChI is InChI=1S/C23H26O4/c1-14-10-11-17-16-9-6-12-23(2,18(16)13-19(24)20(17)21(14)25)27-22(26)15-7-4-3-5-8-15/h3-5,7-8,16-18,20H,1,6,9-13H2,2H3/t16?,17?,18?,20?,23-/m1/s1. The number of carbonyl (C=O) groups is 3. The SMILES string of the molecule is C=C1CCC2C(C(=O)CC3C2CCC[C@@]3(C)OC(=O)c2ccccc2)C1=O. The summed E-state index contributed by atoms with van der Waals surface area (Å²) in [4.78, 5) is 38.1. The average molecular weight is 366 g/mol. The van der Waals surface area contributed by atoms with Gasteiger partial charge in [0.1, 0.15) is 11.4 Å². The molecule has 3 aliphatic carbocycles. The minimum absolute atomic E-state index is 0.00757. The quantitative estimate of drug-likeness (QED) is 0.448. The Bertz CT molecular complexity index is 796. The van der Waals surface area contributed by atoms with Crippen LogP contribution in [0.15, 0.2) is 42.5 Å². The van der Waals surface area contributed by atoms with Crippen LogP contribution in [0.5, 0.6) is 0 Å². The van der Waals surface area contributed by atoms with E-state index < -0.39 is 11.5 Å². The molecule has 5 atom stereocenters. The van der Waals surface area contributed by atoms with Crippen LogP contribution in [0.4, 0.5) is 0 Å². The predicted molar refractivity (Wildman–Crippen MR) is 101 cm³/mol. The highest BCUT2D eigenvalue weighted by Gasteiger charge is 2.56. The second-order valence-electron chi connectivity index (χ2n) is 8.55. The highest BCUT2D eigenvalue weighted by atomic mass is 16.6. The molecular formula is C23H26O4. The molecule has 0 heterocycles. The van der Waals surface area contributed by atoms with Gasteiger partial charge in [-0.15, -0.1) is 0 Å². The minimum Gasteiger partial charge on any atom is -0.455 e. The van der Waals surface area contributed by atoms with Crippen LogP contribution in [0.25, 0.3) is 0 Å². The lowest BCUT2D eigenvalue weighted by molar-refractivity contribution is -0.154. The van der Waals surface area contributed by atoms with Gasteiger partial charge in [0.15, 0.2) is 5.78 Å². The van der Waals surface area contributed by atoms with E-state index >= 15 is 0 Å². The number of benzene rings is 1. The van der Waals surface area contributed by atoms with Crippen molar-refractivity contribution in [3.05, 3.63) is 48.0 Å². The first-order valence-electron chi connectivity index (χ1n) is 9.94. The number of allylic oxidation sites excluding steroid dienone is 1. The molecule has 0 bridgehead atoms. The highest BCUT2D eigenvalue weighted by Crippen LogP contribution is 2.54. The lowest BCUT2D eigenvalue weighted by Gasteiger charge is -2.53. The topological polar surface area (TPSA) is 60.4 Å². The van der Waals surface area contributed by atoms with Crippen LogP contribution in [-0.2, 0) is 14.3 Å². The number of ether oxygens (including phenoxy) is 1. The zero-order valence-electron chi connectivity index (χ0n) is 15.8. The van der Waals surface area contributed by atoms with Gasteiger partial charge in [-0.05, 0) is 68.6 Å². The van der Waals surface area contributed by atoms with Gasteiger partial charge in [0, 0.05) is 12.3 Å². The van der Waals surface area contributed by atoms with E-state index in [9.17, 15) is 14.4 Å². The number of rotatable bonds is 2. The van der Waals surface area contributed by atoms with Crippen molar-refractivity contribution in [3.63, 3.8) is 0 Å². The van der Waals surface area contributed by atoms with Crippen LogP contribution in [-0.4, -0.2) is 23.1 Å². The van der Waals surface area contributed by atoms with Gasteiger partial charge in [-0.25, -0.2) is 4.79 Å². The van der Waals surface area contributed by atoms with Crippen molar-refractivity contribution < 1.29 is 19.1 Å². The van der Waals surface area contributed by atoms with E-state index in [0.29, 0.717) is 24.0 Å². The summed E-state index contributed by atoms with van der Waals surface area (Å²) in [5.41, 5.74) is 0.468. The van der Waals surface area contributed by atoms with E-state index in [0.717, 1.165) is 25.7 Å².